The second-order valence-corrected chi connectivity index (χ2v) is 8.90. The molecule has 1 aromatic heterocycles. The van der Waals surface area contributed by atoms with Gasteiger partial charge in [0.25, 0.3) is 5.91 Å². The standard InChI is InChI=1S/C25H26ClFN4O2/c1-17(2)24-22(16-28-31(24)21-9-5-19(26)6-10-21)25(33)30-13-11-29(12-14-30)23(32)15-18-3-7-20(27)8-4-18/h3-10,16-17H,11-15H2,1-2H3. The summed E-state index contributed by atoms with van der Waals surface area (Å²) < 4.78 is 14.9. The molecule has 1 aliphatic rings. The number of benzene rings is 2. The fourth-order valence-electron chi connectivity index (χ4n) is 4.08. The van der Waals surface area contributed by atoms with E-state index < -0.39 is 0 Å². The molecule has 2 heterocycles. The van der Waals surface area contributed by atoms with Crippen molar-refractivity contribution >= 4 is 23.4 Å². The van der Waals surface area contributed by atoms with Crippen LogP contribution in [-0.4, -0.2) is 57.6 Å². The van der Waals surface area contributed by atoms with Crippen molar-refractivity contribution in [2.45, 2.75) is 26.2 Å². The van der Waals surface area contributed by atoms with E-state index in [0.717, 1.165) is 16.9 Å². The van der Waals surface area contributed by atoms with E-state index in [9.17, 15) is 14.0 Å². The predicted molar refractivity (Wildman–Crippen MR) is 125 cm³/mol. The lowest BCUT2D eigenvalue weighted by molar-refractivity contribution is -0.131. The summed E-state index contributed by atoms with van der Waals surface area (Å²) in [5, 5.41) is 5.12. The van der Waals surface area contributed by atoms with Crippen LogP contribution in [0, 0.1) is 5.82 Å². The summed E-state index contributed by atoms with van der Waals surface area (Å²) in [6.45, 7) is 5.91. The lowest BCUT2D eigenvalue weighted by atomic mass is 10.0. The zero-order valence-electron chi connectivity index (χ0n) is 18.7. The molecule has 3 aromatic rings. The molecule has 0 spiro atoms. The van der Waals surface area contributed by atoms with Crippen molar-refractivity contribution in [2.75, 3.05) is 26.2 Å². The van der Waals surface area contributed by atoms with Gasteiger partial charge in [0.15, 0.2) is 0 Å². The van der Waals surface area contributed by atoms with Crippen molar-refractivity contribution < 1.29 is 14.0 Å². The van der Waals surface area contributed by atoms with Crippen LogP contribution in [0.4, 0.5) is 4.39 Å². The van der Waals surface area contributed by atoms with E-state index in [4.69, 9.17) is 11.6 Å². The van der Waals surface area contributed by atoms with Crippen LogP contribution >= 0.6 is 11.6 Å². The summed E-state index contributed by atoms with van der Waals surface area (Å²) in [6, 6.07) is 13.3. The second kappa shape index (κ2) is 9.75. The Hall–Kier alpha value is -3.19. The largest absolute Gasteiger partial charge is 0.339 e. The summed E-state index contributed by atoms with van der Waals surface area (Å²) in [5.74, 6) is -0.337. The van der Waals surface area contributed by atoms with Crippen molar-refractivity contribution in [1.29, 1.82) is 0 Å². The molecule has 1 saturated heterocycles. The van der Waals surface area contributed by atoms with Crippen LogP contribution < -0.4 is 0 Å². The third-order valence-corrected chi connectivity index (χ3v) is 6.10. The van der Waals surface area contributed by atoms with E-state index >= 15 is 0 Å². The molecular weight excluding hydrogens is 443 g/mol. The number of piperazine rings is 1. The first-order valence-electron chi connectivity index (χ1n) is 11.0. The number of aromatic nitrogens is 2. The SMILES string of the molecule is CC(C)c1c(C(=O)N2CCN(C(=O)Cc3ccc(F)cc3)CC2)cnn1-c1ccc(Cl)cc1. The highest BCUT2D eigenvalue weighted by molar-refractivity contribution is 6.30. The number of hydrogen-bond donors (Lipinski definition) is 0. The van der Waals surface area contributed by atoms with Crippen molar-refractivity contribution in [3.63, 3.8) is 0 Å². The van der Waals surface area contributed by atoms with Crippen molar-refractivity contribution in [1.82, 2.24) is 19.6 Å². The molecule has 0 unspecified atom stereocenters. The fourth-order valence-corrected chi connectivity index (χ4v) is 4.21. The van der Waals surface area contributed by atoms with Gasteiger partial charge >= 0.3 is 0 Å². The van der Waals surface area contributed by atoms with Gasteiger partial charge in [0.1, 0.15) is 5.82 Å². The van der Waals surface area contributed by atoms with Crippen molar-refractivity contribution in [2.24, 2.45) is 0 Å². The van der Waals surface area contributed by atoms with Crippen LogP contribution in [-0.2, 0) is 11.2 Å². The fraction of sp³-hybridized carbons (Fsp3) is 0.320. The maximum Gasteiger partial charge on any atom is 0.257 e. The quantitative estimate of drug-likeness (QED) is 0.560. The molecular formula is C25H26ClFN4O2. The van der Waals surface area contributed by atoms with E-state index in [0.29, 0.717) is 36.8 Å². The van der Waals surface area contributed by atoms with Gasteiger partial charge in [0.05, 0.1) is 29.6 Å². The molecule has 0 atom stereocenters. The molecule has 2 amide bonds. The summed E-state index contributed by atoms with van der Waals surface area (Å²) in [4.78, 5) is 29.5. The van der Waals surface area contributed by atoms with E-state index in [1.807, 2.05) is 26.0 Å². The number of hydrogen-bond acceptors (Lipinski definition) is 3. The van der Waals surface area contributed by atoms with Crippen LogP contribution in [0.15, 0.2) is 54.7 Å². The molecule has 2 aromatic carbocycles. The average molecular weight is 469 g/mol. The predicted octanol–water partition coefficient (Wildman–Crippen LogP) is 4.32. The van der Waals surface area contributed by atoms with E-state index in [1.54, 1.807) is 44.9 Å². The first kappa shape index (κ1) is 23.0. The number of carbonyl (C=O) groups is 2. The second-order valence-electron chi connectivity index (χ2n) is 8.46. The number of halogens is 2. The van der Waals surface area contributed by atoms with Gasteiger partial charge in [-0.15, -0.1) is 0 Å². The molecule has 6 nitrogen and oxygen atoms in total. The lowest BCUT2D eigenvalue weighted by Crippen LogP contribution is -2.51. The zero-order chi connectivity index (χ0) is 23.5. The average Bonchev–Trinajstić information content (AvgIpc) is 3.26. The number of rotatable bonds is 5. The monoisotopic (exact) mass is 468 g/mol. The number of nitrogens with zero attached hydrogens (tertiary/aromatic N) is 4. The molecule has 0 radical (unpaired) electrons. The van der Waals surface area contributed by atoms with Gasteiger partial charge in [-0.25, -0.2) is 9.07 Å². The van der Waals surface area contributed by atoms with E-state index in [2.05, 4.69) is 5.10 Å². The van der Waals surface area contributed by atoms with E-state index in [1.165, 1.54) is 12.1 Å². The molecule has 0 bridgehead atoms. The smallest absolute Gasteiger partial charge is 0.257 e. The third kappa shape index (κ3) is 5.09. The molecule has 0 N–H and O–H groups in total. The first-order valence-corrected chi connectivity index (χ1v) is 11.4. The molecule has 0 saturated carbocycles. The topological polar surface area (TPSA) is 58.4 Å². The van der Waals surface area contributed by atoms with Gasteiger partial charge in [-0.05, 0) is 47.9 Å². The van der Waals surface area contributed by atoms with Crippen LogP contribution in [0.5, 0.6) is 0 Å². The maximum absolute atomic E-state index is 13.3. The van der Waals surface area contributed by atoms with Crippen LogP contribution in [0.1, 0.15) is 41.4 Å². The maximum atomic E-state index is 13.3. The Labute approximate surface area is 197 Å². The molecule has 0 aliphatic carbocycles. The molecule has 1 aliphatic heterocycles. The molecule has 1 fully saturated rings. The Balaban J connectivity index is 1.44. The molecule has 172 valence electrons. The minimum absolute atomic E-state index is 0.0212. The van der Waals surface area contributed by atoms with Crippen LogP contribution in [0.25, 0.3) is 5.69 Å². The summed E-state index contributed by atoms with van der Waals surface area (Å²) in [6.07, 6.45) is 1.85. The zero-order valence-corrected chi connectivity index (χ0v) is 19.4. The van der Waals surface area contributed by atoms with E-state index in [-0.39, 0.29) is 30.0 Å². The highest BCUT2D eigenvalue weighted by Gasteiger charge is 2.29. The Bertz CT molecular complexity index is 1130. The van der Waals surface area contributed by atoms with Gasteiger partial charge in [-0.1, -0.05) is 37.6 Å². The minimum Gasteiger partial charge on any atom is -0.339 e. The lowest BCUT2D eigenvalue weighted by Gasteiger charge is -2.35. The van der Waals surface area contributed by atoms with Gasteiger partial charge in [0.2, 0.25) is 5.91 Å². The summed E-state index contributed by atoms with van der Waals surface area (Å²) in [7, 11) is 0. The summed E-state index contributed by atoms with van der Waals surface area (Å²) in [5.41, 5.74) is 3.04. The Morgan fingerprint density at radius 1 is 0.970 bits per heavy atom. The van der Waals surface area contributed by atoms with Gasteiger partial charge in [0, 0.05) is 31.2 Å². The molecule has 33 heavy (non-hydrogen) atoms. The normalized spacial score (nSPS) is 14.1. The van der Waals surface area contributed by atoms with Crippen LogP contribution in [0.2, 0.25) is 5.02 Å². The first-order chi connectivity index (χ1) is 15.8. The highest BCUT2D eigenvalue weighted by Crippen LogP contribution is 2.25. The number of carbonyl (C=O) groups excluding carboxylic acids is 2. The van der Waals surface area contributed by atoms with Gasteiger partial charge < -0.3 is 9.80 Å². The van der Waals surface area contributed by atoms with Crippen molar-refractivity contribution in [3.8, 4) is 5.69 Å². The van der Waals surface area contributed by atoms with Crippen molar-refractivity contribution in [3.05, 3.63) is 82.4 Å². The molecule has 8 heteroatoms. The van der Waals surface area contributed by atoms with Crippen LogP contribution in [0.3, 0.4) is 0 Å². The Kier molecular flexibility index (Phi) is 6.79. The molecule has 4 rings (SSSR count). The third-order valence-electron chi connectivity index (χ3n) is 5.84. The Morgan fingerprint density at radius 2 is 1.58 bits per heavy atom. The van der Waals surface area contributed by atoms with Gasteiger partial charge in [-0.2, -0.15) is 5.10 Å². The summed E-state index contributed by atoms with van der Waals surface area (Å²) >= 11 is 6.01. The highest BCUT2D eigenvalue weighted by atomic mass is 35.5. The Morgan fingerprint density at radius 3 is 2.18 bits per heavy atom. The number of amides is 2. The van der Waals surface area contributed by atoms with Gasteiger partial charge in [-0.3, -0.25) is 9.59 Å². The minimum atomic E-state index is -0.321.